The molecule has 0 unspecified atom stereocenters. The van der Waals surface area contributed by atoms with Gasteiger partial charge in [0, 0.05) is 31.3 Å². The minimum Gasteiger partial charge on any atom is -0.486 e. The molecule has 1 N–H and O–H groups in total. The van der Waals surface area contributed by atoms with Crippen LogP contribution in [0.3, 0.4) is 0 Å². The molecule has 8 heteroatoms. The number of hydrogen-bond donors (Lipinski definition) is 1. The number of esters is 1. The zero-order valence-corrected chi connectivity index (χ0v) is 15.5. The van der Waals surface area contributed by atoms with Crippen molar-refractivity contribution in [3.63, 3.8) is 0 Å². The molecule has 146 valence electrons. The number of anilines is 1. The Bertz CT molecular complexity index is 733. The monoisotopic (exact) mass is 376 g/mol. The zero-order chi connectivity index (χ0) is 19.4. The van der Waals surface area contributed by atoms with E-state index in [1.807, 2.05) is 0 Å². The summed E-state index contributed by atoms with van der Waals surface area (Å²) in [6, 6.07) is 5.31. The van der Waals surface area contributed by atoms with Crippen LogP contribution in [0.15, 0.2) is 18.2 Å². The second-order valence-electron chi connectivity index (χ2n) is 6.81. The third-order valence-electron chi connectivity index (χ3n) is 4.33. The smallest absolute Gasteiger partial charge is 0.307 e. The maximum absolute atomic E-state index is 12.4. The van der Waals surface area contributed by atoms with Gasteiger partial charge in [-0.25, -0.2) is 0 Å². The van der Waals surface area contributed by atoms with Crippen molar-refractivity contribution >= 4 is 23.5 Å². The Kier molecular flexibility index (Phi) is 5.83. The summed E-state index contributed by atoms with van der Waals surface area (Å²) >= 11 is 0. The Labute approximate surface area is 157 Å². The summed E-state index contributed by atoms with van der Waals surface area (Å²) in [5, 5.41) is 2.71. The highest BCUT2D eigenvalue weighted by molar-refractivity contribution is 6.00. The van der Waals surface area contributed by atoms with Crippen molar-refractivity contribution in [2.45, 2.75) is 32.8 Å². The van der Waals surface area contributed by atoms with E-state index in [-0.39, 0.29) is 43.3 Å². The van der Waals surface area contributed by atoms with Crippen molar-refractivity contribution in [1.29, 1.82) is 0 Å². The lowest BCUT2D eigenvalue weighted by atomic mass is 10.1. The SMILES string of the molecule is CC(C)OC(=O)CCNC(=O)[C@@H]1CC(=O)N(c2ccc3c(c2)OCCO3)C1. The minimum absolute atomic E-state index is 0.108. The van der Waals surface area contributed by atoms with Gasteiger partial charge >= 0.3 is 5.97 Å². The number of carbonyl (C=O) groups excluding carboxylic acids is 3. The highest BCUT2D eigenvalue weighted by Crippen LogP contribution is 2.35. The van der Waals surface area contributed by atoms with Crippen LogP contribution in [0.5, 0.6) is 11.5 Å². The molecule has 1 aromatic rings. The Morgan fingerprint density at radius 3 is 2.74 bits per heavy atom. The molecule has 2 heterocycles. The summed E-state index contributed by atoms with van der Waals surface area (Å²) in [6.45, 7) is 5.00. The first-order valence-corrected chi connectivity index (χ1v) is 9.11. The molecular weight excluding hydrogens is 352 g/mol. The number of hydrogen-bond acceptors (Lipinski definition) is 6. The van der Waals surface area contributed by atoms with Gasteiger partial charge in [0.1, 0.15) is 13.2 Å². The molecule has 2 aliphatic heterocycles. The molecule has 1 fully saturated rings. The van der Waals surface area contributed by atoms with E-state index >= 15 is 0 Å². The van der Waals surface area contributed by atoms with Gasteiger partial charge in [0.15, 0.2) is 11.5 Å². The normalized spacial score (nSPS) is 18.6. The second kappa shape index (κ2) is 8.28. The fraction of sp³-hybridized carbons (Fsp3) is 0.526. The third kappa shape index (κ3) is 4.69. The van der Waals surface area contributed by atoms with Crippen molar-refractivity contribution in [2.75, 3.05) is 31.2 Å². The molecule has 1 aromatic carbocycles. The molecular formula is C19H24N2O6. The van der Waals surface area contributed by atoms with E-state index in [0.29, 0.717) is 36.9 Å². The first-order valence-electron chi connectivity index (χ1n) is 9.11. The van der Waals surface area contributed by atoms with E-state index in [2.05, 4.69) is 5.32 Å². The lowest BCUT2D eigenvalue weighted by Crippen LogP contribution is -2.34. The molecule has 0 aliphatic carbocycles. The maximum Gasteiger partial charge on any atom is 0.307 e. The molecule has 0 spiro atoms. The summed E-state index contributed by atoms with van der Waals surface area (Å²) in [6.07, 6.45) is 0.0629. The highest BCUT2D eigenvalue weighted by Gasteiger charge is 2.35. The quantitative estimate of drug-likeness (QED) is 0.752. The molecule has 0 aromatic heterocycles. The molecule has 27 heavy (non-hydrogen) atoms. The Morgan fingerprint density at radius 2 is 2.00 bits per heavy atom. The van der Waals surface area contributed by atoms with Crippen LogP contribution < -0.4 is 19.7 Å². The highest BCUT2D eigenvalue weighted by atomic mass is 16.6. The molecule has 0 bridgehead atoms. The van der Waals surface area contributed by atoms with E-state index in [1.165, 1.54) is 0 Å². The van der Waals surface area contributed by atoms with Crippen LogP contribution in [0.1, 0.15) is 26.7 Å². The maximum atomic E-state index is 12.4. The first-order chi connectivity index (χ1) is 12.9. The number of fused-ring (bicyclic) bond motifs is 1. The van der Waals surface area contributed by atoms with E-state index in [1.54, 1.807) is 36.9 Å². The zero-order valence-electron chi connectivity index (χ0n) is 15.5. The molecule has 8 nitrogen and oxygen atoms in total. The van der Waals surface area contributed by atoms with Crippen LogP contribution in [-0.4, -0.2) is 50.2 Å². The molecule has 2 aliphatic rings. The minimum atomic E-state index is -0.452. The van der Waals surface area contributed by atoms with Crippen LogP contribution >= 0.6 is 0 Å². The number of rotatable bonds is 6. The van der Waals surface area contributed by atoms with Crippen LogP contribution in [-0.2, 0) is 19.1 Å². The molecule has 3 rings (SSSR count). The van der Waals surface area contributed by atoms with Gasteiger partial charge in [0.05, 0.1) is 18.4 Å². The average molecular weight is 376 g/mol. The van der Waals surface area contributed by atoms with Gasteiger partial charge in [-0.3, -0.25) is 14.4 Å². The van der Waals surface area contributed by atoms with Crippen LogP contribution in [0.25, 0.3) is 0 Å². The van der Waals surface area contributed by atoms with Crippen LogP contribution in [0.2, 0.25) is 0 Å². The van der Waals surface area contributed by atoms with Crippen molar-refractivity contribution in [3.05, 3.63) is 18.2 Å². The molecule has 0 radical (unpaired) electrons. The topological polar surface area (TPSA) is 94.2 Å². The van der Waals surface area contributed by atoms with Gasteiger partial charge in [-0.15, -0.1) is 0 Å². The molecule has 1 atom stereocenters. The fourth-order valence-corrected chi connectivity index (χ4v) is 3.09. The van der Waals surface area contributed by atoms with Crippen molar-refractivity contribution in [3.8, 4) is 11.5 Å². The summed E-state index contributed by atoms with van der Waals surface area (Å²) in [7, 11) is 0. The van der Waals surface area contributed by atoms with E-state index in [9.17, 15) is 14.4 Å². The number of nitrogens with zero attached hydrogens (tertiary/aromatic N) is 1. The summed E-state index contributed by atoms with van der Waals surface area (Å²) in [5.74, 6) is 0.0895. The van der Waals surface area contributed by atoms with Gasteiger partial charge in [-0.1, -0.05) is 0 Å². The van der Waals surface area contributed by atoms with Gasteiger partial charge in [-0.2, -0.15) is 0 Å². The second-order valence-corrected chi connectivity index (χ2v) is 6.81. The van der Waals surface area contributed by atoms with Crippen molar-refractivity contribution in [1.82, 2.24) is 5.32 Å². The Morgan fingerprint density at radius 1 is 1.26 bits per heavy atom. The lowest BCUT2D eigenvalue weighted by Gasteiger charge is -2.22. The van der Waals surface area contributed by atoms with Crippen LogP contribution in [0, 0.1) is 5.92 Å². The summed E-state index contributed by atoms with van der Waals surface area (Å²) < 4.78 is 16.1. The average Bonchev–Trinajstić information content (AvgIpc) is 3.02. The predicted molar refractivity (Wildman–Crippen MR) is 96.7 cm³/mol. The van der Waals surface area contributed by atoms with Gasteiger partial charge in [0.2, 0.25) is 11.8 Å². The fourth-order valence-electron chi connectivity index (χ4n) is 3.09. The van der Waals surface area contributed by atoms with Gasteiger partial charge in [-0.05, 0) is 26.0 Å². The number of benzene rings is 1. The molecule has 0 saturated carbocycles. The lowest BCUT2D eigenvalue weighted by molar-refractivity contribution is -0.147. The third-order valence-corrected chi connectivity index (χ3v) is 4.33. The van der Waals surface area contributed by atoms with Crippen molar-refractivity contribution < 1.29 is 28.6 Å². The number of ether oxygens (including phenoxy) is 3. The van der Waals surface area contributed by atoms with Gasteiger partial charge < -0.3 is 24.4 Å². The number of amides is 2. The standard InChI is InChI=1S/C19H24N2O6/c1-12(2)27-18(23)5-6-20-19(24)13-9-17(22)21(11-13)14-3-4-15-16(10-14)26-8-7-25-15/h3-4,10,12-13H,5-9,11H2,1-2H3,(H,20,24)/t13-/m1/s1. The predicted octanol–water partition coefficient (Wildman–Crippen LogP) is 1.27. The number of carbonyl (C=O) groups is 3. The van der Waals surface area contributed by atoms with Crippen LogP contribution in [0.4, 0.5) is 5.69 Å². The molecule has 2 amide bonds. The van der Waals surface area contributed by atoms with Gasteiger partial charge in [0.25, 0.3) is 0 Å². The largest absolute Gasteiger partial charge is 0.486 e. The summed E-state index contributed by atoms with van der Waals surface area (Å²) in [4.78, 5) is 37.8. The first kappa shape index (κ1) is 19.0. The Hall–Kier alpha value is -2.77. The van der Waals surface area contributed by atoms with E-state index in [0.717, 1.165) is 0 Å². The molecule has 1 saturated heterocycles. The summed E-state index contributed by atoms with van der Waals surface area (Å²) in [5.41, 5.74) is 0.681. The number of nitrogens with one attached hydrogen (secondary N) is 1. The Balaban J connectivity index is 1.54. The van der Waals surface area contributed by atoms with Crippen molar-refractivity contribution in [2.24, 2.45) is 5.92 Å². The van der Waals surface area contributed by atoms with E-state index in [4.69, 9.17) is 14.2 Å². The van der Waals surface area contributed by atoms with E-state index < -0.39 is 5.92 Å².